The van der Waals surface area contributed by atoms with Gasteiger partial charge in [-0.05, 0) is 12.8 Å². The molecule has 0 aliphatic carbocycles. The minimum atomic E-state index is 0.241. The van der Waals surface area contributed by atoms with Crippen molar-refractivity contribution in [1.29, 1.82) is 0 Å². The second kappa shape index (κ2) is 3.75. The fourth-order valence-corrected chi connectivity index (χ4v) is 2.24. The first-order valence-corrected chi connectivity index (χ1v) is 5.54. The molecule has 2 aromatic rings. The molecule has 5 nitrogen and oxygen atoms in total. The van der Waals surface area contributed by atoms with E-state index in [-0.39, 0.29) is 6.04 Å². The summed E-state index contributed by atoms with van der Waals surface area (Å²) in [5.41, 5.74) is 6.75. The molecule has 1 aliphatic rings. The van der Waals surface area contributed by atoms with Crippen LogP contribution in [0.3, 0.4) is 0 Å². The van der Waals surface area contributed by atoms with Crippen LogP contribution in [0.25, 0.3) is 11.0 Å². The zero-order chi connectivity index (χ0) is 11.0. The number of hydrogen-bond acceptors (Lipinski definition) is 5. The van der Waals surface area contributed by atoms with Crippen molar-refractivity contribution in [3.63, 3.8) is 0 Å². The van der Waals surface area contributed by atoms with E-state index < -0.39 is 0 Å². The van der Waals surface area contributed by atoms with Gasteiger partial charge in [0.25, 0.3) is 0 Å². The molecule has 0 bridgehead atoms. The number of pyridine rings is 1. The summed E-state index contributed by atoms with van der Waals surface area (Å²) >= 11 is 0. The second-order valence-electron chi connectivity index (χ2n) is 4.22. The fraction of sp³-hybridized carbons (Fsp3) is 0.455. The Bertz CT molecular complexity index is 495. The Balaban J connectivity index is 2.01. The molecule has 1 saturated heterocycles. The van der Waals surface area contributed by atoms with Gasteiger partial charge in [0.2, 0.25) is 0 Å². The highest BCUT2D eigenvalue weighted by atomic mass is 16.5. The lowest BCUT2D eigenvalue weighted by Gasteiger charge is -2.31. The van der Waals surface area contributed by atoms with E-state index in [9.17, 15) is 0 Å². The van der Waals surface area contributed by atoms with Crippen LogP contribution in [0.2, 0.25) is 0 Å². The normalized spacial score (nSPS) is 21.6. The Hall–Kier alpha value is -1.62. The van der Waals surface area contributed by atoms with Crippen molar-refractivity contribution < 1.29 is 4.52 Å². The lowest BCUT2D eigenvalue weighted by molar-refractivity contribution is 0.456. The van der Waals surface area contributed by atoms with Crippen molar-refractivity contribution in [3.05, 3.63) is 18.5 Å². The summed E-state index contributed by atoms with van der Waals surface area (Å²) in [5.74, 6) is 0.939. The quantitative estimate of drug-likeness (QED) is 0.777. The number of hydrogen-bond donors (Lipinski definition) is 1. The number of aromatic nitrogens is 2. The summed E-state index contributed by atoms with van der Waals surface area (Å²) in [6.45, 7) is 1.86. The van der Waals surface area contributed by atoms with Gasteiger partial charge in [-0.2, -0.15) is 0 Å². The highest BCUT2D eigenvalue weighted by Gasteiger charge is 2.20. The molecule has 1 aliphatic heterocycles. The van der Waals surface area contributed by atoms with Crippen LogP contribution < -0.4 is 10.6 Å². The van der Waals surface area contributed by atoms with Gasteiger partial charge < -0.3 is 15.2 Å². The first-order valence-electron chi connectivity index (χ1n) is 5.54. The van der Waals surface area contributed by atoms with Crippen LogP contribution in [0, 0.1) is 0 Å². The topological polar surface area (TPSA) is 68.2 Å². The van der Waals surface area contributed by atoms with Gasteiger partial charge in [-0.3, -0.25) is 0 Å². The van der Waals surface area contributed by atoms with Gasteiger partial charge in [-0.15, -0.1) is 0 Å². The number of piperidine rings is 1. The summed E-state index contributed by atoms with van der Waals surface area (Å²) in [7, 11) is 0. The SMILES string of the molecule is NC1CCCN(c2nccc3oncc23)C1. The third-order valence-corrected chi connectivity index (χ3v) is 3.02. The molecular formula is C11H14N4O. The Morgan fingerprint density at radius 1 is 1.50 bits per heavy atom. The first kappa shape index (κ1) is 9.59. The molecule has 0 amide bonds. The van der Waals surface area contributed by atoms with E-state index in [0.29, 0.717) is 0 Å². The summed E-state index contributed by atoms with van der Waals surface area (Å²) in [6.07, 6.45) is 5.68. The van der Waals surface area contributed by atoms with Gasteiger partial charge in [0.05, 0.1) is 11.6 Å². The Labute approximate surface area is 93.2 Å². The monoisotopic (exact) mass is 218 g/mol. The van der Waals surface area contributed by atoms with Crippen LogP contribution in [-0.2, 0) is 0 Å². The minimum Gasteiger partial charge on any atom is -0.356 e. The van der Waals surface area contributed by atoms with Gasteiger partial charge in [-0.1, -0.05) is 5.16 Å². The molecule has 2 aromatic heterocycles. The maximum absolute atomic E-state index is 5.97. The maximum Gasteiger partial charge on any atom is 0.172 e. The van der Waals surface area contributed by atoms with Gasteiger partial charge >= 0.3 is 0 Å². The summed E-state index contributed by atoms with van der Waals surface area (Å²) in [6, 6.07) is 2.07. The molecule has 0 spiro atoms. The molecule has 1 fully saturated rings. The second-order valence-corrected chi connectivity index (χ2v) is 4.22. The highest BCUT2D eigenvalue weighted by Crippen LogP contribution is 2.25. The molecule has 1 unspecified atom stereocenters. The summed E-state index contributed by atoms with van der Waals surface area (Å²) in [5, 5.41) is 4.77. The Morgan fingerprint density at radius 3 is 3.31 bits per heavy atom. The zero-order valence-corrected chi connectivity index (χ0v) is 8.97. The predicted octanol–water partition coefficient (Wildman–Crippen LogP) is 1.15. The molecule has 3 heterocycles. The van der Waals surface area contributed by atoms with E-state index in [1.807, 2.05) is 6.07 Å². The first-order chi connectivity index (χ1) is 7.84. The number of rotatable bonds is 1. The van der Waals surface area contributed by atoms with Crippen LogP contribution >= 0.6 is 0 Å². The Morgan fingerprint density at radius 2 is 2.44 bits per heavy atom. The maximum atomic E-state index is 5.97. The predicted molar refractivity (Wildman–Crippen MR) is 61.2 cm³/mol. The molecule has 16 heavy (non-hydrogen) atoms. The smallest absolute Gasteiger partial charge is 0.172 e. The van der Waals surface area contributed by atoms with E-state index in [1.54, 1.807) is 12.4 Å². The molecule has 2 N–H and O–H groups in total. The van der Waals surface area contributed by atoms with Crippen LogP contribution in [0.4, 0.5) is 5.82 Å². The van der Waals surface area contributed by atoms with E-state index in [1.165, 1.54) is 0 Å². The molecule has 1 atom stereocenters. The summed E-state index contributed by atoms with van der Waals surface area (Å²) < 4.78 is 5.13. The van der Waals surface area contributed by atoms with E-state index in [0.717, 1.165) is 42.7 Å². The number of anilines is 1. The third kappa shape index (κ3) is 1.53. The fourth-order valence-electron chi connectivity index (χ4n) is 2.24. The van der Waals surface area contributed by atoms with Crippen molar-refractivity contribution >= 4 is 16.8 Å². The lowest BCUT2D eigenvalue weighted by Crippen LogP contribution is -2.43. The zero-order valence-electron chi connectivity index (χ0n) is 8.97. The van der Waals surface area contributed by atoms with Crippen molar-refractivity contribution in [3.8, 4) is 0 Å². The van der Waals surface area contributed by atoms with Gasteiger partial charge in [-0.25, -0.2) is 4.98 Å². The number of nitrogens with zero attached hydrogens (tertiary/aromatic N) is 3. The van der Waals surface area contributed by atoms with Gasteiger partial charge in [0.15, 0.2) is 5.58 Å². The number of nitrogens with two attached hydrogens (primary N) is 1. The van der Waals surface area contributed by atoms with Gasteiger partial charge in [0.1, 0.15) is 5.82 Å². The number of fused-ring (bicyclic) bond motifs is 1. The van der Waals surface area contributed by atoms with Crippen LogP contribution in [-0.4, -0.2) is 29.3 Å². The highest BCUT2D eigenvalue weighted by molar-refractivity contribution is 5.87. The molecule has 5 heteroatoms. The van der Waals surface area contributed by atoms with Crippen LogP contribution in [0.1, 0.15) is 12.8 Å². The standard InChI is InChI=1S/C11H14N4O/c12-8-2-1-5-15(7-8)11-9-6-14-16-10(9)3-4-13-11/h3-4,6,8H,1-2,5,7,12H2. The van der Waals surface area contributed by atoms with Crippen molar-refractivity contribution in [2.45, 2.75) is 18.9 Å². The van der Waals surface area contributed by atoms with Crippen molar-refractivity contribution in [2.75, 3.05) is 18.0 Å². The van der Waals surface area contributed by atoms with Crippen molar-refractivity contribution in [2.24, 2.45) is 5.73 Å². The minimum absolute atomic E-state index is 0.241. The van der Waals surface area contributed by atoms with Crippen LogP contribution in [0.15, 0.2) is 23.0 Å². The molecule has 0 aromatic carbocycles. The lowest BCUT2D eigenvalue weighted by atomic mass is 10.1. The third-order valence-electron chi connectivity index (χ3n) is 3.02. The molecule has 3 rings (SSSR count). The van der Waals surface area contributed by atoms with E-state index >= 15 is 0 Å². The van der Waals surface area contributed by atoms with Crippen LogP contribution in [0.5, 0.6) is 0 Å². The van der Waals surface area contributed by atoms with Gasteiger partial charge in [0, 0.05) is 31.4 Å². The largest absolute Gasteiger partial charge is 0.356 e. The van der Waals surface area contributed by atoms with E-state index in [2.05, 4.69) is 15.0 Å². The molecular weight excluding hydrogens is 204 g/mol. The van der Waals surface area contributed by atoms with Crippen molar-refractivity contribution in [1.82, 2.24) is 10.1 Å². The average Bonchev–Trinajstić information content (AvgIpc) is 2.76. The Kier molecular flexibility index (Phi) is 2.25. The molecule has 0 saturated carbocycles. The molecule has 84 valence electrons. The average molecular weight is 218 g/mol. The molecule has 0 radical (unpaired) electrons. The van der Waals surface area contributed by atoms with E-state index in [4.69, 9.17) is 10.3 Å². The summed E-state index contributed by atoms with van der Waals surface area (Å²) in [4.78, 5) is 6.62.